The van der Waals surface area contributed by atoms with Crippen molar-refractivity contribution < 1.29 is 14.3 Å². The number of aromatic nitrogens is 2. The molecule has 2 rings (SSSR count). The van der Waals surface area contributed by atoms with Gasteiger partial charge >= 0.3 is 5.97 Å². The maximum absolute atomic E-state index is 11.3. The molecule has 0 fully saturated rings. The Morgan fingerprint density at radius 2 is 2.11 bits per heavy atom. The van der Waals surface area contributed by atoms with E-state index in [1.807, 2.05) is 0 Å². The molecule has 0 aromatic carbocycles. The summed E-state index contributed by atoms with van der Waals surface area (Å²) in [5.41, 5.74) is 6.37. The highest BCUT2D eigenvalue weighted by Crippen LogP contribution is 2.20. The number of hydrogen-bond acceptors (Lipinski definition) is 6. The number of nitrogen functional groups attached to an aromatic ring is 1. The quantitative estimate of drug-likeness (QED) is 0.827. The number of esters is 1. The van der Waals surface area contributed by atoms with Crippen LogP contribution < -0.4 is 10.5 Å². The summed E-state index contributed by atoms with van der Waals surface area (Å²) in [6, 6.07) is 4.82. The van der Waals surface area contributed by atoms with E-state index in [1.54, 1.807) is 12.1 Å². The fraction of sp³-hybridized carbons (Fsp3) is 0.0833. The lowest BCUT2D eigenvalue weighted by atomic mass is 10.3. The van der Waals surface area contributed by atoms with Gasteiger partial charge in [-0.1, -0.05) is 0 Å². The van der Waals surface area contributed by atoms with E-state index in [0.29, 0.717) is 22.9 Å². The van der Waals surface area contributed by atoms with E-state index in [4.69, 9.17) is 10.5 Å². The van der Waals surface area contributed by atoms with Crippen LogP contribution in [0.25, 0.3) is 0 Å². The van der Waals surface area contributed by atoms with E-state index < -0.39 is 5.97 Å². The number of rotatable bonds is 3. The molecule has 0 saturated carbocycles. The summed E-state index contributed by atoms with van der Waals surface area (Å²) >= 11 is 0. The lowest BCUT2D eigenvalue weighted by Crippen LogP contribution is -2.02. The fourth-order valence-electron chi connectivity index (χ4n) is 1.28. The van der Waals surface area contributed by atoms with Crippen LogP contribution in [0.4, 0.5) is 5.69 Å². The highest BCUT2D eigenvalue weighted by molar-refractivity contribution is 5.89. The minimum Gasteiger partial charge on any atom is -0.465 e. The van der Waals surface area contributed by atoms with Gasteiger partial charge in [0, 0.05) is 12.3 Å². The number of carbonyl (C=O) groups is 1. The summed E-state index contributed by atoms with van der Waals surface area (Å²) < 4.78 is 10.0. The van der Waals surface area contributed by atoms with Crippen molar-refractivity contribution in [2.45, 2.75) is 0 Å². The Morgan fingerprint density at radius 1 is 1.28 bits per heavy atom. The van der Waals surface area contributed by atoms with Crippen molar-refractivity contribution in [2.24, 2.45) is 0 Å². The van der Waals surface area contributed by atoms with Gasteiger partial charge in [-0.25, -0.2) is 9.78 Å². The molecule has 0 unspecified atom stereocenters. The van der Waals surface area contributed by atoms with Gasteiger partial charge in [-0.2, -0.15) is 0 Å². The van der Waals surface area contributed by atoms with Crippen molar-refractivity contribution in [3.05, 3.63) is 42.4 Å². The second-order valence-electron chi connectivity index (χ2n) is 3.43. The van der Waals surface area contributed by atoms with Crippen molar-refractivity contribution >= 4 is 11.7 Å². The molecular weight excluding hydrogens is 234 g/mol. The Bertz CT molecular complexity index is 555. The van der Waals surface area contributed by atoms with Gasteiger partial charge in [0.1, 0.15) is 5.75 Å². The molecule has 0 amide bonds. The van der Waals surface area contributed by atoms with E-state index in [9.17, 15) is 4.79 Å². The van der Waals surface area contributed by atoms with Crippen LogP contribution in [-0.4, -0.2) is 23.0 Å². The summed E-state index contributed by atoms with van der Waals surface area (Å²) in [6.07, 6.45) is 4.35. The van der Waals surface area contributed by atoms with Crippen molar-refractivity contribution in [3.63, 3.8) is 0 Å². The van der Waals surface area contributed by atoms with Crippen molar-refractivity contribution in [2.75, 3.05) is 12.8 Å². The standard InChI is InChI=1S/C12H11N3O3/c1-17-12(16)8-4-10(7-14-5-8)18-11-3-2-9(13)6-15-11/h2-7H,13H2,1H3. The van der Waals surface area contributed by atoms with Gasteiger partial charge in [0.05, 0.1) is 30.8 Å². The van der Waals surface area contributed by atoms with Crippen LogP contribution in [-0.2, 0) is 4.74 Å². The summed E-state index contributed by atoms with van der Waals surface area (Å²) in [5.74, 6) is 0.293. The normalized spacial score (nSPS) is 9.83. The SMILES string of the molecule is COC(=O)c1cncc(Oc2ccc(N)cn2)c1. The van der Waals surface area contributed by atoms with Gasteiger partial charge in [-0.05, 0) is 12.1 Å². The Labute approximate surface area is 103 Å². The zero-order valence-electron chi connectivity index (χ0n) is 9.66. The van der Waals surface area contributed by atoms with E-state index in [1.165, 1.54) is 31.8 Å². The number of hydrogen-bond donors (Lipinski definition) is 1. The van der Waals surface area contributed by atoms with E-state index in [2.05, 4.69) is 14.7 Å². The molecule has 18 heavy (non-hydrogen) atoms. The fourth-order valence-corrected chi connectivity index (χ4v) is 1.28. The molecule has 2 aromatic rings. The van der Waals surface area contributed by atoms with Gasteiger partial charge in [-0.3, -0.25) is 4.98 Å². The molecule has 0 radical (unpaired) electrons. The smallest absolute Gasteiger partial charge is 0.339 e. The predicted octanol–water partition coefficient (Wildman–Crippen LogP) is 1.64. The van der Waals surface area contributed by atoms with Crippen molar-refractivity contribution in [1.29, 1.82) is 0 Å². The molecule has 0 aliphatic carbocycles. The van der Waals surface area contributed by atoms with Crippen LogP contribution in [0.3, 0.4) is 0 Å². The molecule has 0 spiro atoms. The predicted molar refractivity (Wildman–Crippen MR) is 64.3 cm³/mol. The molecular formula is C12H11N3O3. The van der Waals surface area contributed by atoms with Gasteiger partial charge in [-0.15, -0.1) is 0 Å². The average Bonchev–Trinajstić information content (AvgIpc) is 2.41. The Hall–Kier alpha value is -2.63. The molecule has 6 nitrogen and oxygen atoms in total. The molecule has 6 heteroatoms. The van der Waals surface area contributed by atoms with Crippen LogP contribution >= 0.6 is 0 Å². The van der Waals surface area contributed by atoms with Gasteiger partial charge in [0.2, 0.25) is 5.88 Å². The third kappa shape index (κ3) is 2.73. The largest absolute Gasteiger partial charge is 0.465 e. The third-order valence-corrected chi connectivity index (χ3v) is 2.12. The molecule has 92 valence electrons. The number of methoxy groups -OCH3 is 1. The zero-order valence-corrected chi connectivity index (χ0v) is 9.66. The Morgan fingerprint density at radius 3 is 2.78 bits per heavy atom. The number of carbonyl (C=O) groups excluding carboxylic acids is 1. The number of pyridine rings is 2. The van der Waals surface area contributed by atoms with E-state index in [-0.39, 0.29) is 0 Å². The molecule has 0 atom stereocenters. The number of nitrogens with two attached hydrogens (primary N) is 1. The Balaban J connectivity index is 2.19. The van der Waals surface area contributed by atoms with Crippen LogP contribution in [0.1, 0.15) is 10.4 Å². The van der Waals surface area contributed by atoms with Crippen LogP contribution in [0.5, 0.6) is 11.6 Å². The zero-order chi connectivity index (χ0) is 13.0. The molecule has 0 aliphatic rings. The average molecular weight is 245 g/mol. The lowest BCUT2D eigenvalue weighted by molar-refractivity contribution is 0.0600. The minimum absolute atomic E-state index is 0.311. The van der Waals surface area contributed by atoms with Crippen LogP contribution in [0, 0.1) is 0 Å². The van der Waals surface area contributed by atoms with Gasteiger partial charge < -0.3 is 15.2 Å². The molecule has 0 aliphatic heterocycles. The maximum atomic E-state index is 11.3. The van der Waals surface area contributed by atoms with E-state index >= 15 is 0 Å². The van der Waals surface area contributed by atoms with Crippen molar-refractivity contribution in [1.82, 2.24) is 9.97 Å². The summed E-state index contributed by atoms with van der Waals surface area (Å²) in [7, 11) is 1.30. The minimum atomic E-state index is -0.474. The highest BCUT2D eigenvalue weighted by Gasteiger charge is 2.07. The Kier molecular flexibility index (Phi) is 3.38. The second-order valence-corrected chi connectivity index (χ2v) is 3.43. The van der Waals surface area contributed by atoms with Crippen LogP contribution in [0.15, 0.2) is 36.8 Å². The number of nitrogens with zero attached hydrogens (tertiary/aromatic N) is 2. The van der Waals surface area contributed by atoms with Crippen molar-refractivity contribution in [3.8, 4) is 11.6 Å². The first kappa shape index (κ1) is 11.8. The number of anilines is 1. The number of ether oxygens (including phenoxy) is 2. The first-order valence-corrected chi connectivity index (χ1v) is 5.12. The summed E-state index contributed by atoms with van der Waals surface area (Å²) in [5, 5.41) is 0. The topological polar surface area (TPSA) is 87.3 Å². The third-order valence-electron chi connectivity index (χ3n) is 2.12. The highest BCUT2D eigenvalue weighted by atomic mass is 16.5. The monoisotopic (exact) mass is 245 g/mol. The maximum Gasteiger partial charge on any atom is 0.339 e. The molecule has 2 heterocycles. The molecule has 2 N–H and O–H groups in total. The summed E-state index contributed by atoms with van der Waals surface area (Å²) in [4.78, 5) is 19.2. The van der Waals surface area contributed by atoms with Gasteiger partial charge in [0.25, 0.3) is 0 Å². The molecule has 0 saturated heterocycles. The lowest BCUT2D eigenvalue weighted by Gasteiger charge is -2.05. The molecule has 0 bridgehead atoms. The summed E-state index contributed by atoms with van der Waals surface area (Å²) in [6.45, 7) is 0. The van der Waals surface area contributed by atoms with E-state index in [0.717, 1.165) is 0 Å². The first-order valence-electron chi connectivity index (χ1n) is 5.12. The molecule has 2 aromatic heterocycles. The first-order chi connectivity index (χ1) is 8.69. The van der Waals surface area contributed by atoms with Crippen LogP contribution in [0.2, 0.25) is 0 Å². The second kappa shape index (κ2) is 5.13. The van der Waals surface area contributed by atoms with Gasteiger partial charge in [0.15, 0.2) is 0 Å².